The molecule has 0 bridgehead atoms. The van der Waals surface area contributed by atoms with Gasteiger partial charge >= 0.3 is 6.09 Å². The average Bonchev–Trinajstić information content (AvgIpc) is 3.57. The minimum absolute atomic E-state index is 0.232. The second-order valence-electron chi connectivity index (χ2n) is 13.9. The fraction of sp³-hybridized carbons (Fsp3) is 0.923. The normalized spacial score (nSPS) is 15.5. The highest BCUT2D eigenvalue weighted by Gasteiger charge is 2.36. The Morgan fingerprint density at radius 3 is 1.67 bits per heavy atom. The van der Waals surface area contributed by atoms with Crippen molar-refractivity contribution < 1.29 is 29.0 Å². The average molecular weight is 682 g/mol. The molecule has 2 amide bonds. The van der Waals surface area contributed by atoms with Crippen molar-refractivity contribution in [1.29, 1.82) is 0 Å². The Hall–Kier alpha value is -1.71. The lowest BCUT2D eigenvalue weighted by molar-refractivity contribution is -0.133. The number of hydrogen-bond acceptors (Lipinski definition) is 6. The molecule has 48 heavy (non-hydrogen) atoms. The Morgan fingerprint density at radius 1 is 0.750 bits per heavy atom. The van der Waals surface area contributed by atoms with Gasteiger partial charge in [-0.15, -0.1) is 0 Å². The summed E-state index contributed by atoms with van der Waals surface area (Å²) in [4.78, 5) is 35.9. The summed E-state index contributed by atoms with van der Waals surface area (Å²) in [7, 11) is 0. The van der Waals surface area contributed by atoms with Crippen LogP contribution in [0.25, 0.3) is 0 Å². The van der Waals surface area contributed by atoms with Crippen molar-refractivity contribution >= 4 is 18.3 Å². The van der Waals surface area contributed by atoms with E-state index in [1.165, 1.54) is 140 Å². The van der Waals surface area contributed by atoms with Gasteiger partial charge in [0.1, 0.15) is 12.3 Å². The summed E-state index contributed by atoms with van der Waals surface area (Å²) in [5.41, 5.74) is 0. The number of nitrogens with one attached hydrogen (secondary N) is 1. The van der Waals surface area contributed by atoms with Gasteiger partial charge in [0.05, 0.1) is 19.3 Å². The molecule has 0 spiro atoms. The SMILES string of the molecule is CCCCCCCCCCCCCCOCC(CNC(=O)[C@@H]1CCCN1N(CC=O)C(=O)O)OCCCCCCCCCCCCCC. The predicted octanol–water partition coefficient (Wildman–Crippen LogP) is 9.46. The number of hydrogen-bond donors (Lipinski definition) is 2. The van der Waals surface area contributed by atoms with E-state index in [4.69, 9.17) is 9.47 Å². The topological polar surface area (TPSA) is 108 Å². The lowest BCUT2D eigenvalue weighted by Crippen LogP contribution is -2.54. The number of carboxylic acid groups (broad SMARTS) is 1. The Balaban J connectivity index is 2.34. The highest BCUT2D eigenvalue weighted by molar-refractivity contribution is 5.82. The van der Waals surface area contributed by atoms with Crippen molar-refractivity contribution in [2.45, 2.75) is 193 Å². The van der Waals surface area contributed by atoms with Crippen LogP contribution in [0.5, 0.6) is 0 Å². The summed E-state index contributed by atoms with van der Waals surface area (Å²) < 4.78 is 12.2. The van der Waals surface area contributed by atoms with Gasteiger partial charge in [0.15, 0.2) is 0 Å². The van der Waals surface area contributed by atoms with E-state index in [2.05, 4.69) is 19.2 Å². The predicted molar refractivity (Wildman–Crippen MR) is 196 cm³/mol. The van der Waals surface area contributed by atoms with E-state index in [0.717, 1.165) is 24.3 Å². The van der Waals surface area contributed by atoms with Gasteiger partial charge in [-0.1, -0.05) is 155 Å². The molecule has 9 nitrogen and oxygen atoms in total. The molecular weight excluding hydrogens is 606 g/mol. The Labute approximate surface area is 294 Å². The minimum atomic E-state index is -1.23. The summed E-state index contributed by atoms with van der Waals surface area (Å²) in [5, 5.41) is 15.0. The molecule has 282 valence electrons. The smallest absolute Gasteiger partial charge is 0.422 e. The molecule has 0 saturated carbocycles. The molecule has 0 aromatic rings. The van der Waals surface area contributed by atoms with Gasteiger partial charge in [0, 0.05) is 26.3 Å². The quantitative estimate of drug-likeness (QED) is 0.0507. The molecule has 0 aromatic carbocycles. The first kappa shape index (κ1) is 44.3. The number of unbranched alkanes of at least 4 members (excludes halogenated alkanes) is 22. The summed E-state index contributed by atoms with van der Waals surface area (Å²) in [6.07, 6.45) is 31.5. The third-order valence-electron chi connectivity index (χ3n) is 9.61. The van der Waals surface area contributed by atoms with Gasteiger partial charge in [-0.2, -0.15) is 0 Å². The fourth-order valence-corrected chi connectivity index (χ4v) is 6.62. The number of hydrazine groups is 1. The highest BCUT2D eigenvalue weighted by Crippen LogP contribution is 2.20. The lowest BCUT2D eigenvalue weighted by atomic mass is 10.1. The van der Waals surface area contributed by atoms with E-state index < -0.39 is 12.1 Å². The summed E-state index contributed by atoms with van der Waals surface area (Å²) in [5.74, 6) is -0.232. The van der Waals surface area contributed by atoms with E-state index in [0.29, 0.717) is 52.0 Å². The van der Waals surface area contributed by atoms with Gasteiger partial charge < -0.3 is 24.7 Å². The molecule has 1 unspecified atom stereocenters. The molecule has 0 radical (unpaired) electrons. The van der Waals surface area contributed by atoms with Crippen LogP contribution in [0, 0.1) is 0 Å². The van der Waals surface area contributed by atoms with Crippen LogP contribution >= 0.6 is 0 Å². The van der Waals surface area contributed by atoms with Crippen molar-refractivity contribution in [1.82, 2.24) is 15.3 Å². The fourth-order valence-electron chi connectivity index (χ4n) is 6.62. The zero-order valence-electron chi connectivity index (χ0n) is 31.2. The maximum atomic E-state index is 13.1. The third kappa shape index (κ3) is 23.6. The zero-order valence-corrected chi connectivity index (χ0v) is 31.2. The Kier molecular flexibility index (Phi) is 30.0. The third-order valence-corrected chi connectivity index (χ3v) is 9.61. The van der Waals surface area contributed by atoms with E-state index in [1.807, 2.05) is 0 Å². The van der Waals surface area contributed by atoms with Crippen molar-refractivity contribution in [2.75, 3.05) is 39.5 Å². The maximum Gasteiger partial charge on any atom is 0.422 e. The van der Waals surface area contributed by atoms with Crippen molar-refractivity contribution in [3.63, 3.8) is 0 Å². The molecule has 9 heteroatoms. The standard InChI is InChI=1S/C39H75N3O6/c1-3-5-7-9-11-13-15-17-19-21-23-25-32-47-35-36(48-33-26-24-22-20-18-16-14-12-10-8-6-4-2)34-40-38(44)37-28-27-29-41(37)42(30-31-43)39(45)46/h31,36-37H,3-30,32-35H2,1-2H3,(H,40,44)(H,45,46)/t36?,37-/m0/s1. The van der Waals surface area contributed by atoms with Gasteiger partial charge in [-0.25, -0.2) is 14.8 Å². The van der Waals surface area contributed by atoms with Crippen molar-refractivity contribution in [3.8, 4) is 0 Å². The first-order valence-corrected chi connectivity index (χ1v) is 20.2. The molecule has 1 fully saturated rings. The van der Waals surface area contributed by atoms with Crippen LogP contribution in [0.2, 0.25) is 0 Å². The number of aldehydes is 1. The zero-order chi connectivity index (χ0) is 34.9. The van der Waals surface area contributed by atoms with Crippen LogP contribution in [0.15, 0.2) is 0 Å². The Bertz CT molecular complexity index is 770. The molecule has 2 N–H and O–H groups in total. The molecule has 0 aliphatic carbocycles. The van der Waals surface area contributed by atoms with Crippen LogP contribution in [0.1, 0.15) is 181 Å². The number of nitrogens with zero attached hydrogens (tertiary/aromatic N) is 2. The maximum absolute atomic E-state index is 13.1. The highest BCUT2D eigenvalue weighted by atomic mass is 16.5. The van der Waals surface area contributed by atoms with Crippen LogP contribution in [0.4, 0.5) is 4.79 Å². The molecule has 1 saturated heterocycles. The van der Waals surface area contributed by atoms with E-state index in [-0.39, 0.29) is 18.6 Å². The molecule has 1 rings (SSSR count). The monoisotopic (exact) mass is 682 g/mol. The Morgan fingerprint density at radius 2 is 1.21 bits per heavy atom. The van der Waals surface area contributed by atoms with Crippen LogP contribution in [-0.2, 0) is 19.1 Å². The second-order valence-corrected chi connectivity index (χ2v) is 13.9. The van der Waals surface area contributed by atoms with E-state index in [1.54, 1.807) is 0 Å². The van der Waals surface area contributed by atoms with E-state index >= 15 is 0 Å². The number of ether oxygens (including phenoxy) is 2. The summed E-state index contributed by atoms with van der Waals surface area (Å²) in [6, 6.07) is -0.611. The van der Waals surface area contributed by atoms with Gasteiger partial charge in [-0.05, 0) is 25.7 Å². The van der Waals surface area contributed by atoms with Crippen LogP contribution in [-0.4, -0.2) is 85.0 Å². The lowest BCUT2D eigenvalue weighted by Gasteiger charge is -2.32. The van der Waals surface area contributed by atoms with E-state index in [9.17, 15) is 19.5 Å². The molecule has 2 atom stereocenters. The largest absolute Gasteiger partial charge is 0.464 e. The van der Waals surface area contributed by atoms with Gasteiger partial charge in [0.2, 0.25) is 5.91 Å². The number of amides is 2. The first-order chi connectivity index (χ1) is 23.5. The minimum Gasteiger partial charge on any atom is -0.464 e. The van der Waals surface area contributed by atoms with Crippen LogP contribution < -0.4 is 5.32 Å². The number of carbonyl (C=O) groups is 3. The molecule has 1 aliphatic rings. The van der Waals surface area contributed by atoms with Gasteiger partial charge in [0.25, 0.3) is 0 Å². The second kappa shape index (κ2) is 32.5. The summed E-state index contributed by atoms with van der Waals surface area (Å²) in [6.45, 7) is 6.76. The van der Waals surface area contributed by atoms with Crippen LogP contribution in [0.3, 0.4) is 0 Å². The molecule has 0 aromatic heterocycles. The van der Waals surface area contributed by atoms with Crippen molar-refractivity contribution in [3.05, 3.63) is 0 Å². The molecule has 1 aliphatic heterocycles. The first-order valence-electron chi connectivity index (χ1n) is 20.2. The molecular formula is C39H75N3O6. The molecule has 1 heterocycles. The van der Waals surface area contributed by atoms with Crippen molar-refractivity contribution in [2.24, 2.45) is 0 Å². The van der Waals surface area contributed by atoms with Gasteiger partial charge in [-0.3, -0.25) is 4.79 Å². The number of rotatable bonds is 35. The summed E-state index contributed by atoms with van der Waals surface area (Å²) >= 11 is 0. The number of carbonyl (C=O) groups excluding carboxylic acids is 2.